The maximum Gasteiger partial charge on any atom is 0.315 e. The Bertz CT molecular complexity index is 626. The van der Waals surface area contributed by atoms with Gasteiger partial charge in [-0.25, -0.2) is 9.78 Å². The van der Waals surface area contributed by atoms with Crippen LogP contribution in [-0.2, 0) is 11.3 Å². The number of hydrogen-bond donors (Lipinski definition) is 2. The number of carbonyl (C=O) groups is 1. The summed E-state index contributed by atoms with van der Waals surface area (Å²) in [6.45, 7) is 5.48. The van der Waals surface area contributed by atoms with Crippen LogP contribution in [0.2, 0.25) is 0 Å². The van der Waals surface area contributed by atoms with Gasteiger partial charge in [-0.1, -0.05) is 19.9 Å². The van der Waals surface area contributed by atoms with Crippen LogP contribution in [-0.4, -0.2) is 31.3 Å². The van der Waals surface area contributed by atoms with Crippen LogP contribution in [0.25, 0.3) is 0 Å². The summed E-state index contributed by atoms with van der Waals surface area (Å²) in [7, 11) is 1.56. The Kier molecular flexibility index (Phi) is 7.28. The number of methoxy groups -OCH3 is 1. The molecule has 0 aliphatic carbocycles. The predicted molar refractivity (Wildman–Crippen MR) is 93.3 cm³/mol. The smallest absolute Gasteiger partial charge is 0.315 e. The van der Waals surface area contributed by atoms with Crippen molar-refractivity contribution in [1.82, 2.24) is 15.6 Å². The second-order valence-electron chi connectivity index (χ2n) is 6.04. The third kappa shape index (κ3) is 6.46. The number of furan rings is 1. The molecule has 2 aromatic heterocycles. The van der Waals surface area contributed by atoms with Gasteiger partial charge in [-0.2, -0.15) is 0 Å². The number of amides is 2. The first-order chi connectivity index (χ1) is 12.1. The number of pyridine rings is 1. The predicted octanol–water partition coefficient (Wildman–Crippen LogP) is 2.90. The molecule has 1 unspecified atom stereocenters. The molecule has 2 heterocycles. The first kappa shape index (κ1) is 18.8. The molecule has 0 aromatic carbocycles. The highest BCUT2D eigenvalue weighted by Gasteiger charge is 2.17. The van der Waals surface area contributed by atoms with Crippen molar-refractivity contribution in [3.8, 4) is 5.88 Å². The van der Waals surface area contributed by atoms with Gasteiger partial charge in [0.25, 0.3) is 0 Å². The van der Waals surface area contributed by atoms with Crippen molar-refractivity contribution in [1.29, 1.82) is 0 Å². The van der Waals surface area contributed by atoms with Crippen LogP contribution in [0.3, 0.4) is 0 Å². The molecule has 7 nitrogen and oxygen atoms in total. The molecule has 0 aliphatic rings. The third-order valence-corrected chi connectivity index (χ3v) is 3.39. The van der Waals surface area contributed by atoms with Gasteiger partial charge in [-0.15, -0.1) is 0 Å². The third-order valence-electron chi connectivity index (χ3n) is 3.39. The van der Waals surface area contributed by atoms with E-state index in [9.17, 15) is 4.79 Å². The first-order valence-corrected chi connectivity index (χ1v) is 8.23. The molecule has 136 valence electrons. The van der Waals surface area contributed by atoms with Gasteiger partial charge in [-0.3, -0.25) is 0 Å². The fraction of sp³-hybridized carbons (Fsp3) is 0.444. The zero-order valence-corrected chi connectivity index (χ0v) is 14.8. The van der Waals surface area contributed by atoms with Gasteiger partial charge >= 0.3 is 6.03 Å². The molecule has 2 amide bonds. The molecule has 0 spiro atoms. The van der Waals surface area contributed by atoms with Gasteiger partial charge in [0.2, 0.25) is 5.88 Å². The first-order valence-electron chi connectivity index (χ1n) is 8.23. The second-order valence-corrected chi connectivity index (χ2v) is 6.04. The van der Waals surface area contributed by atoms with E-state index >= 15 is 0 Å². The maximum absolute atomic E-state index is 12.2. The Morgan fingerprint density at radius 1 is 1.28 bits per heavy atom. The van der Waals surface area contributed by atoms with Crippen molar-refractivity contribution in [2.75, 3.05) is 20.3 Å². The highest BCUT2D eigenvalue weighted by molar-refractivity contribution is 5.74. The molecule has 0 radical (unpaired) electrons. The van der Waals surface area contributed by atoms with Crippen LogP contribution in [0.5, 0.6) is 5.88 Å². The SMILES string of the molecule is COc1ccc(CNC(=O)NC(COCC(C)C)c2ccco2)cn1. The Labute approximate surface area is 147 Å². The largest absolute Gasteiger partial charge is 0.481 e. The van der Waals surface area contributed by atoms with E-state index < -0.39 is 0 Å². The van der Waals surface area contributed by atoms with E-state index in [2.05, 4.69) is 29.5 Å². The number of nitrogens with one attached hydrogen (secondary N) is 2. The molecular formula is C18H25N3O4. The summed E-state index contributed by atoms with van der Waals surface area (Å²) >= 11 is 0. The standard InChI is InChI=1S/C18H25N3O4/c1-13(2)11-24-12-15(16-5-4-8-25-16)21-18(22)20-10-14-6-7-17(23-3)19-9-14/h4-9,13,15H,10-12H2,1-3H3,(H2,20,21,22). The lowest BCUT2D eigenvalue weighted by molar-refractivity contribution is 0.0868. The van der Waals surface area contributed by atoms with Crippen molar-refractivity contribution >= 4 is 6.03 Å². The average molecular weight is 347 g/mol. The van der Waals surface area contributed by atoms with Crippen LogP contribution in [0.1, 0.15) is 31.2 Å². The van der Waals surface area contributed by atoms with Gasteiger partial charge in [0.05, 0.1) is 20.0 Å². The summed E-state index contributed by atoms with van der Waals surface area (Å²) in [5.41, 5.74) is 0.876. The van der Waals surface area contributed by atoms with Gasteiger partial charge in [0, 0.05) is 25.4 Å². The van der Waals surface area contributed by atoms with Crippen LogP contribution < -0.4 is 15.4 Å². The van der Waals surface area contributed by atoms with E-state index in [1.54, 1.807) is 31.7 Å². The molecule has 0 bridgehead atoms. The van der Waals surface area contributed by atoms with Crippen LogP contribution >= 0.6 is 0 Å². The highest BCUT2D eigenvalue weighted by atomic mass is 16.5. The van der Waals surface area contributed by atoms with Crippen LogP contribution in [0.4, 0.5) is 4.79 Å². The Hall–Kier alpha value is -2.54. The molecule has 25 heavy (non-hydrogen) atoms. The zero-order chi connectivity index (χ0) is 18.1. The monoisotopic (exact) mass is 347 g/mol. The normalized spacial score (nSPS) is 12.0. The average Bonchev–Trinajstić information content (AvgIpc) is 3.14. The molecule has 0 aliphatic heterocycles. The van der Waals surface area contributed by atoms with E-state index in [4.69, 9.17) is 13.9 Å². The quantitative estimate of drug-likeness (QED) is 0.728. The highest BCUT2D eigenvalue weighted by Crippen LogP contribution is 2.14. The summed E-state index contributed by atoms with van der Waals surface area (Å²) in [4.78, 5) is 16.3. The molecule has 2 rings (SSSR count). The Morgan fingerprint density at radius 2 is 2.12 bits per heavy atom. The van der Waals surface area contributed by atoms with Crippen molar-refractivity contribution in [2.45, 2.75) is 26.4 Å². The molecular weight excluding hydrogens is 322 g/mol. The number of rotatable bonds is 9. The van der Waals surface area contributed by atoms with Crippen LogP contribution in [0, 0.1) is 5.92 Å². The van der Waals surface area contributed by atoms with Crippen molar-refractivity contribution in [2.24, 2.45) is 5.92 Å². The minimum Gasteiger partial charge on any atom is -0.481 e. The number of urea groups is 1. The fourth-order valence-corrected chi connectivity index (χ4v) is 2.13. The van der Waals surface area contributed by atoms with Gasteiger partial charge in [0.15, 0.2) is 0 Å². The van der Waals surface area contributed by atoms with Crippen molar-refractivity contribution in [3.63, 3.8) is 0 Å². The number of hydrogen-bond acceptors (Lipinski definition) is 5. The van der Waals surface area contributed by atoms with Gasteiger partial charge < -0.3 is 24.5 Å². The second kappa shape index (κ2) is 9.68. The Balaban J connectivity index is 1.85. The number of carbonyl (C=O) groups excluding carboxylic acids is 1. The summed E-state index contributed by atoms with van der Waals surface area (Å²) in [6.07, 6.45) is 3.24. The molecule has 1 atom stereocenters. The zero-order valence-electron chi connectivity index (χ0n) is 14.8. The van der Waals surface area contributed by atoms with E-state index in [1.807, 2.05) is 12.1 Å². The molecule has 2 N–H and O–H groups in total. The Morgan fingerprint density at radius 3 is 2.72 bits per heavy atom. The minimum atomic E-state index is -0.345. The minimum absolute atomic E-state index is 0.301. The van der Waals surface area contributed by atoms with Gasteiger partial charge in [0.1, 0.15) is 11.8 Å². The van der Waals surface area contributed by atoms with E-state index in [-0.39, 0.29) is 12.1 Å². The van der Waals surface area contributed by atoms with E-state index in [0.717, 1.165) is 5.56 Å². The summed E-state index contributed by atoms with van der Waals surface area (Å²) in [5.74, 6) is 1.62. The fourth-order valence-electron chi connectivity index (χ4n) is 2.13. The van der Waals surface area contributed by atoms with Crippen molar-refractivity contribution in [3.05, 3.63) is 48.0 Å². The van der Waals surface area contributed by atoms with E-state index in [0.29, 0.717) is 37.3 Å². The lowest BCUT2D eigenvalue weighted by Gasteiger charge is -2.18. The molecule has 0 saturated heterocycles. The summed E-state index contributed by atoms with van der Waals surface area (Å²) in [6, 6.07) is 6.56. The molecule has 2 aromatic rings. The van der Waals surface area contributed by atoms with Crippen LogP contribution in [0.15, 0.2) is 41.1 Å². The number of aromatic nitrogens is 1. The van der Waals surface area contributed by atoms with E-state index in [1.165, 1.54) is 0 Å². The maximum atomic E-state index is 12.2. The number of nitrogens with zero attached hydrogens (tertiary/aromatic N) is 1. The number of ether oxygens (including phenoxy) is 2. The summed E-state index contributed by atoms with van der Waals surface area (Å²) < 4.78 is 16.0. The lowest BCUT2D eigenvalue weighted by atomic mass is 10.2. The molecule has 0 saturated carbocycles. The molecule has 0 fully saturated rings. The summed E-state index contributed by atoms with van der Waals surface area (Å²) in [5, 5.41) is 5.67. The van der Waals surface area contributed by atoms with Crippen molar-refractivity contribution < 1.29 is 18.7 Å². The van der Waals surface area contributed by atoms with Gasteiger partial charge in [-0.05, 0) is 23.6 Å². The lowest BCUT2D eigenvalue weighted by Crippen LogP contribution is -2.39. The molecule has 7 heteroatoms. The topological polar surface area (TPSA) is 85.6 Å².